The van der Waals surface area contributed by atoms with Crippen LogP contribution < -0.4 is 20.9 Å². The Kier molecular flexibility index (Phi) is 9.64. The van der Waals surface area contributed by atoms with Crippen LogP contribution in [0.3, 0.4) is 0 Å². The Bertz CT molecular complexity index is 1460. The van der Waals surface area contributed by atoms with Gasteiger partial charge in [0, 0.05) is 41.9 Å². The fraction of sp³-hybridized carbons (Fsp3) is 0.179. The second-order valence-electron chi connectivity index (χ2n) is 7.59. The highest BCUT2D eigenvalue weighted by Crippen LogP contribution is 2.34. The number of carbonyl (C=O) groups is 1. The van der Waals surface area contributed by atoms with E-state index in [1.54, 1.807) is 12.3 Å². The minimum Gasteiger partial charge on any atom is -0.454 e. The molecular weight excluding hydrogens is 497 g/mol. The van der Waals surface area contributed by atoms with Crippen molar-refractivity contribution in [3.05, 3.63) is 106 Å². The molecule has 4 aromatic rings. The van der Waals surface area contributed by atoms with Crippen LogP contribution in [0.2, 0.25) is 0 Å². The van der Waals surface area contributed by atoms with Gasteiger partial charge in [0.15, 0.2) is 11.6 Å². The molecule has 2 aromatic carbocycles. The first kappa shape index (κ1) is 28.0. The van der Waals surface area contributed by atoms with Crippen LogP contribution in [-0.4, -0.2) is 29.2 Å². The van der Waals surface area contributed by atoms with Gasteiger partial charge in [-0.1, -0.05) is 13.8 Å². The highest BCUT2D eigenvalue weighted by molar-refractivity contribution is 6.04. The predicted octanol–water partition coefficient (Wildman–Crippen LogP) is 6.14. The summed E-state index contributed by atoms with van der Waals surface area (Å²) in [5, 5.41) is 5.66. The Morgan fingerprint density at radius 1 is 1.03 bits per heavy atom. The highest BCUT2D eigenvalue weighted by atomic mass is 19.1. The molecule has 3 heterocycles. The zero-order valence-corrected chi connectivity index (χ0v) is 21.1. The van der Waals surface area contributed by atoms with Crippen molar-refractivity contribution in [3.63, 3.8) is 0 Å². The first-order valence-electron chi connectivity index (χ1n) is 11.9. The number of pyridine rings is 2. The largest absolute Gasteiger partial charge is 0.454 e. The molecule has 38 heavy (non-hydrogen) atoms. The first-order valence-corrected chi connectivity index (χ1v) is 11.9. The Morgan fingerprint density at radius 2 is 1.76 bits per heavy atom. The molecule has 0 unspecified atom stereocenters. The lowest BCUT2D eigenvalue weighted by Gasteiger charge is -2.12. The molecule has 0 radical (unpaired) electrons. The topological polar surface area (TPSA) is 85.2 Å². The number of aromatic nitrogens is 2. The number of amides is 1. The zero-order valence-electron chi connectivity index (χ0n) is 21.1. The number of fused-ring (bicyclic) bond motifs is 1. The molecule has 1 aliphatic heterocycles. The van der Waals surface area contributed by atoms with Gasteiger partial charge in [-0.15, -0.1) is 0 Å². The minimum atomic E-state index is -0.701. The Hall–Kier alpha value is -4.60. The van der Waals surface area contributed by atoms with Crippen LogP contribution in [0.1, 0.15) is 29.8 Å². The number of benzene rings is 2. The van der Waals surface area contributed by atoms with E-state index >= 15 is 0 Å². The molecule has 0 bridgehead atoms. The molecule has 0 saturated carbocycles. The van der Waals surface area contributed by atoms with Crippen LogP contribution >= 0.6 is 0 Å². The van der Waals surface area contributed by atoms with E-state index < -0.39 is 23.1 Å². The van der Waals surface area contributed by atoms with Gasteiger partial charge in [-0.25, -0.2) is 13.8 Å². The summed E-state index contributed by atoms with van der Waals surface area (Å²) in [7, 11) is 0.500. The molecule has 10 heteroatoms. The summed E-state index contributed by atoms with van der Waals surface area (Å²) >= 11 is 0. The van der Waals surface area contributed by atoms with Gasteiger partial charge in [0.25, 0.3) is 11.5 Å². The number of ether oxygens (including phenoxy) is 1. The third-order valence-electron chi connectivity index (χ3n) is 5.39. The van der Waals surface area contributed by atoms with Gasteiger partial charge in [0.2, 0.25) is 0 Å². The van der Waals surface area contributed by atoms with Gasteiger partial charge in [0.05, 0.1) is 7.18 Å². The molecule has 1 aliphatic rings. The molecular formula is C28H27F3N4O3. The minimum absolute atomic E-state index is 0.00308. The lowest BCUT2D eigenvalue weighted by molar-refractivity contribution is 0.102. The van der Waals surface area contributed by atoms with Crippen molar-refractivity contribution >= 4 is 17.4 Å². The van der Waals surface area contributed by atoms with E-state index in [2.05, 4.69) is 15.6 Å². The van der Waals surface area contributed by atoms with E-state index in [-0.39, 0.29) is 17.0 Å². The van der Waals surface area contributed by atoms with E-state index in [4.69, 9.17) is 4.74 Å². The molecule has 5 rings (SSSR count). The van der Waals surface area contributed by atoms with Crippen molar-refractivity contribution in [3.8, 4) is 17.2 Å². The number of hydrogen-bond acceptors (Lipinski definition) is 5. The lowest BCUT2D eigenvalue weighted by atomic mass is 10.2. The van der Waals surface area contributed by atoms with Crippen LogP contribution in [0.15, 0.2) is 77.9 Å². The van der Waals surface area contributed by atoms with Crippen molar-refractivity contribution in [2.24, 2.45) is 0 Å². The van der Waals surface area contributed by atoms with Gasteiger partial charge < -0.3 is 15.4 Å². The van der Waals surface area contributed by atoms with Crippen LogP contribution in [0.4, 0.5) is 24.7 Å². The summed E-state index contributed by atoms with van der Waals surface area (Å²) in [4.78, 5) is 29.8. The van der Waals surface area contributed by atoms with Crippen LogP contribution in [0.5, 0.6) is 11.5 Å². The molecule has 0 spiro atoms. The number of rotatable bonds is 5. The Morgan fingerprint density at radius 3 is 2.47 bits per heavy atom. The van der Waals surface area contributed by atoms with Crippen LogP contribution in [0, 0.1) is 11.6 Å². The van der Waals surface area contributed by atoms with Crippen molar-refractivity contribution in [2.45, 2.75) is 20.3 Å². The second-order valence-corrected chi connectivity index (χ2v) is 7.59. The third-order valence-corrected chi connectivity index (χ3v) is 5.39. The van der Waals surface area contributed by atoms with E-state index in [9.17, 15) is 22.8 Å². The molecule has 2 N–H and O–H groups in total. The quantitative estimate of drug-likeness (QED) is 0.328. The molecule has 198 valence electrons. The molecule has 7 nitrogen and oxygen atoms in total. The molecule has 0 saturated heterocycles. The fourth-order valence-corrected chi connectivity index (χ4v) is 3.72. The standard InChI is InChI=1S/C25H18F2N4O3.C2H6.CH3F/c26-15-3-6-17(7-4-15)31-13-1-2-19(25(31)33)24(32)30-16-5-8-22(20(27)14-16)34-21-10-12-29-23-18(21)9-11-28-23;2*1-2/h1-8,10,12-14H,9,11H2,(H,28,29)(H,30,32);1-2H3;1H3. The first-order chi connectivity index (χ1) is 18.5. The average Bonchev–Trinajstić information content (AvgIpc) is 3.43. The Balaban J connectivity index is 0.000000956. The maximum absolute atomic E-state index is 14.7. The van der Waals surface area contributed by atoms with Crippen molar-refractivity contribution in [1.29, 1.82) is 0 Å². The van der Waals surface area contributed by atoms with Gasteiger partial charge in [-0.3, -0.25) is 18.5 Å². The monoisotopic (exact) mass is 524 g/mol. The summed E-state index contributed by atoms with van der Waals surface area (Å²) in [6.07, 6.45) is 3.78. The second kappa shape index (κ2) is 13.1. The number of anilines is 2. The highest BCUT2D eigenvalue weighted by Gasteiger charge is 2.19. The fourth-order valence-electron chi connectivity index (χ4n) is 3.72. The number of hydrogen-bond donors (Lipinski definition) is 2. The van der Waals surface area contributed by atoms with Crippen molar-refractivity contribution in [1.82, 2.24) is 9.55 Å². The maximum Gasteiger partial charge on any atom is 0.267 e. The normalized spacial score (nSPS) is 11.1. The van der Waals surface area contributed by atoms with Gasteiger partial charge in [-0.2, -0.15) is 0 Å². The third kappa shape index (κ3) is 6.20. The molecule has 2 aromatic heterocycles. The summed E-state index contributed by atoms with van der Waals surface area (Å²) in [5.41, 5.74) is 0.708. The molecule has 0 aliphatic carbocycles. The number of alkyl halides is 1. The smallest absolute Gasteiger partial charge is 0.267 e. The van der Waals surface area contributed by atoms with E-state index in [0.29, 0.717) is 18.6 Å². The van der Waals surface area contributed by atoms with Crippen LogP contribution in [0.25, 0.3) is 5.69 Å². The molecule has 0 fully saturated rings. The summed E-state index contributed by atoms with van der Waals surface area (Å²) < 4.78 is 44.4. The van der Waals surface area contributed by atoms with E-state index in [0.717, 1.165) is 30.4 Å². The van der Waals surface area contributed by atoms with E-state index in [1.165, 1.54) is 59.3 Å². The van der Waals surface area contributed by atoms with E-state index in [1.807, 2.05) is 13.8 Å². The SMILES string of the molecule is CC.CF.O=C(Nc1ccc(Oc2ccnc3c2CCN3)c(F)c1)c1cccn(-c2ccc(F)cc2)c1=O. The van der Waals surface area contributed by atoms with Gasteiger partial charge >= 0.3 is 0 Å². The number of nitrogens with one attached hydrogen (secondary N) is 2. The summed E-state index contributed by atoms with van der Waals surface area (Å²) in [6, 6.07) is 13.9. The summed E-state index contributed by atoms with van der Waals surface area (Å²) in [6.45, 7) is 4.73. The summed E-state index contributed by atoms with van der Waals surface area (Å²) in [5.74, 6) is -0.590. The molecule has 1 amide bonds. The van der Waals surface area contributed by atoms with Crippen molar-refractivity contribution in [2.75, 3.05) is 24.4 Å². The Labute approximate surface area is 217 Å². The lowest BCUT2D eigenvalue weighted by Crippen LogP contribution is -2.27. The molecule has 0 atom stereocenters. The zero-order chi connectivity index (χ0) is 27.7. The van der Waals surface area contributed by atoms with Crippen LogP contribution in [-0.2, 0) is 6.42 Å². The van der Waals surface area contributed by atoms with Crippen molar-refractivity contribution < 1.29 is 22.7 Å². The van der Waals surface area contributed by atoms with Gasteiger partial charge in [-0.05, 0) is 61.0 Å². The number of carbonyl (C=O) groups excluding carboxylic acids is 1. The number of nitrogens with zero attached hydrogens (tertiary/aromatic N) is 2. The van der Waals surface area contributed by atoms with Gasteiger partial charge in [0.1, 0.15) is 22.9 Å². The average molecular weight is 525 g/mol. The maximum atomic E-state index is 14.7. The predicted molar refractivity (Wildman–Crippen MR) is 141 cm³/mol. The number of halogens is 3.